The van der Waals surface area contributed by atoms with Crippen molar-refractivity contribution in [2.75, 3.05) is 13.2 Å². The molecular formula is C16H23NO4S. The van der Waals surface area contributed by atoms with Gasteiger partial charge in [-0.2, -0.15) is 0 Å². The second-order valence-corrected chi connectivity index (χ2v) is 8.01. The van der Waals surface area contributed by atoms with Crippen LogP contribution in [-0.4, -0.2) is 27.7 Å². The molecule has 6 heteroatoms. The van der Waals surface area contributed by atoms with Gasteiger partial charge in [0.1, 0.15) is 13.2 Å². The largest absolute Gasteiger partial charge is 0.486 e. The molecule has 1 aromatic carbocycles. The van der Waals surface area contributed by atoms with Gasteiger partial charge in [0.25, 0.3) is 0 Å². The van der Waals surface area contributed by atoms with Crippen molar-refractivity contribution >= 4 is 10.0 Å². The molecule has 0 spiro atoms. The number of hydrogen-bond acceptors (Lipinski definition) is 4. The summed E-state index contributed by atoms with van der Waals surface area (Å²) in [5, 5.41) is 0. The van der Waals surface area contributed by atoms with Gasteiger partial charge in [-0.05, 0) is 30.4 Å². The molecule has 1 N–H and O–H groups in total. The zero-order valence-corrected chi connectivity index (χ0v) is 13.9. The third kappa shape index (κ3) is 3.08. The molecule has 2 aliphatic rings. The van der Waals surface area contributed by atoms with Gasteiger partial charge < -0.3 is 9.47 Å². The highest BCUT2D eigenvalue weighted by atomic mass is 32.2. The molecule has 0 radical (unpaired) electrons. The standard InChI is InChI=1S/C16H23NO4S/c1-11-4-3-5-14(12(11)2)17-22(18,19)13-6-7-15-16(10-13)21-9-8-20-15/h6-7,10-12,14,17H,3-5,8-9H2,1-2H3/t11-,12+,14-/m0/s1. The molecule has 1 aliphatic carbocycles. The lowest BCUT2D eigenvalue weighted by Crippen LogP contribution is -2.43. The molecule has 1 heterocycles. The predicted molar refractivity (Wildman–Crippen MR) is 83.7 cm³/mol. The minimum atomic E-state index is -3.54. The summed E-state index contributed by atoms with van der Waals surface area (Å²) in [5.74, 6) is 1.99. The zero-order chi connectivity index (χ0) is 15.7. The first-order valence-electron chi connectivity index (χ1n) is 7.89. The third-order valence-corrected chi connectivity index (χ3v) is 6.32. The van der Waals surface area contributed by atoms with Crippen molar-refractivity contribution in [3.8, 4) is 11.5 Å². The fraction of sp³-hybridized carbons (Fsp3) is 0.625. The number of benzene rings is 1. The number of sulfonamides is 1. The van der Waals surface area contributed by atoms with Crippen LogP contribution in [0.3, 0.4) is 0 Å². The molecule has 0 amide bonds. The minimum absolute atomic E-state index is 0.00181. The Balaban J connectivity index is 1.80. The summed E-state index contributed by atoms with van der Waals surface area (Å²) in [5.41, 5.74) is 0. The Labute approximate surface area is 132 Å². The van der Waals surface area contributed by atoms with E-state index < -0.39 is 10.0 Å². The predicted octanol–water partition coefficient (Wildman–Crippen LogP) is 2.56. The van der Waals surface area contributed by atoms with E-state index in [0.29, 0.717) is 36.5 Å². The number of fused-ring (bicyclic) bond motifs is 1. The average molecular weight is 325 g/mol. The summed E-state index contributed by atoms with van der Waals surface area (Å²) in [6, 6.07) is 4.79. The first-order chi connectivity index (χ1) is 10.5. The lowest BCUT2D eigenvalue weighted by atomic mass is 9.78. The van der Waals surface area contributed by atoms with Crippen LogP contribution in [0.4, 0.5) is 0 Å². The third-order valence-electron chi connectivity index (χ3n) is 4.84. The van der Waals surface area contributed by atoms with Crippen LogP contribution in [0, 0.1) is 11.8 Å². The van der Waals surface area contributed by atoms with Gasteiger partial charge >= 0.3 is 0 Å². The quantitative estimate of drug-likeness (QED) is 0.927. The van der Waals surface area contributed by atoms with Crippen LogP contribution in [0.1, 0.15) is 33.1 Å². The molecule has 3 rings (SSSR count). The van der Waals surface area contributed by atoms with Crippen molar-refractivity contribution in [3.05, 3.63) is 18.2 Å². The van der Waals surface area contributed by atoms with Crippen LogP contribution in [0.25, 0.3) is 0 Å². The van der Waals surface area contributed by atoms with Crippen LogP contribution in [-0.2, 0) is 10.0 Å². The highest BCUT2D eigenvalue weighted by Gasteiger charge is 2.31. The molecule has 0 saturated heterocycles. The van der Waals surface area contributed by atoms with Crippen LogP contribution < -0.4 is 14.2 Å². The Hall–Kier alpha value is -1.27. The van der Waals surface area contributed by atoms with E-state index in [4.69, 9.17) is 9.47 Å². The number of rotatable bonds is 3. The van der Waals surface area contributed by atoms with E-state index in [2.05, 4.69) is 18.6 Å². The SMILES string of the molecule is C[C@H]1[C@@H](NS(=O)(=O)c2ccc3c(c2)OCCO3)CCC[C@@H]1C. The maximum atomic E-state index is 12.6. The van der Waals surface area contributed by atoms with Crippen LogP contribution in [0.15, 0.2) is 23.1 Å². The van der Waals surface area contributed by atoms with Crippen molar-refractivity contribution in [1.82, 2.24) is 4.72 Å². The lowest BCUT2D eigenvalue weighted by Gasteiger charge is -2.34. The Morgan fingerprint density at radius 2 is 1.82 bits per heavy atom. The van der Waals surface area contributed by atoms with Crippen molar-refractivity contribution in [2.24, 2.45) is 11.8 Å². The van der Waals surface area contributed by atoms with E-state index in [1.54, 1.807) is 18.2 Å². The second-order valence-electron chi connectivity index (χ2n) is 6.30. The summed E-state index contributed by atoms with van der Waals surface area (Å²) in [6.45, 7) is 5.26. The highest BCUT2D eigenvalue weighted by Crippen LogP contribution is 2.34. The first kappa shape index (κ1) is 15.6. The Morgan fingerprint density at radius 1 is 1.09 bits per heavy atom. The normalized spacial score (nSPS) is 28.4. The summed E-state index contributed by atoms with van der Waals surface area (Å²) >= 11 is 0. The van der Waals surface area contributed by atoms with Gasteiger partial charge in [-0.3, -0.25) is 0 Å². The molecule has 1 aliphatic heterocycles. The van der Waals surface area contributed by atoms with E-state index in [-0.39, 0.29) is 10.9 Å². The zero-order valence-electron chi connectivity index (χ0n) is 13.0. The van der Waals surface area contributed by atoms with Gasteiger partial charge in [0, 0.05) is 12.1 Å². The smallest absolute Gasteiger partial charge is 0.240 e. The molecule has 1 aromatic rings. The summed E-state index contributed by atoms with van der Waals surface area (Å²) in [4.78, 5) is 0.238. The van der Waals surface area contributed by atoms with Crippen LogP contribution in [0.5, 0.6) is 11.5 Å². The maximum Gasteiger partial charge on any atom is 0.240 e. The molecular weight excluding hydrogens is 302 g/mol. The van der Waals surface area contributed by atoms with E-state index in [1.807, 2.05) is 0 Å². The van der Waals surface area contributed by atoms with E-state index in [0.717, 1.165) is 12.8 Å². The lowest BCUT2D eigenvalue weighted by molar-refractivity contribution is 0.171. The van der Waals surface area contributed by atoms with Crippen molar-refractivity contribution in [2.45, 2.75) is 44.0 Å². The molecule has 122 valence electrons. The number of nitrogens with one attached hydrogen (secondary N) is 1. The molecule has 22 heavy (non-hydrogen) atoms. The topological polar surface area (TPSA) is 64.6 Å². The van der Waals surface area contributed by atoms with Crippen molar-refractivity contribution < 1.29 is 17.9 Å². The molecule has 5 nitrogen and oxygen atoms in total. The van der Waals surface area contributed by atoms with Crippen LogP contribution >= 0.6 is 0 Å². The summed E-state index contributed by atoms with van der Waals surface area (Å²) in [6.07, 6.45) is 3.14. The fourth-order valence-corrected chi connectivity index (χ4v) is 4.58. The van der Waals surface area contributed by atoms with Gasteiger partial charge in [-0.25, -0.2) is 13.1 Å². The minimum Gasteiger partial charge on any atom is -0.486 e. The van der Waals surface area contributed by atoms with Gasteiger partial charge in [-0.15, -0.1) is 0 Å². The molecule has 0 bridgehead atoms. The van der Waals surface area contributed by atoms with E-state index in [1.165, 1.54) is 6.42 Å². The number of hydrogen-bond donors (Lipinski definition) is 1. The summed E-state index contributed by atoms with van der Waals surface area (Å²) in [7, 11) is -3.54. The van der Waals surface area contributed by atoms with Gasteiger partial charge in [0.05, 0.1) is 4.90 Å². The molecule has 1 fully saturated rings. The van der Waals surface area contributed by atoms with E-state index >= 15 is 0 Å². The molecule has 0 aromatic heterocycles. The molecule has 3 atom stereocenters. The summed E-state index contributed by atoms with van der Waals surface area (Å²) < 4.78 is 39.0. The van der Waals surface area contributed by atoms with Crippen molar-refractivity contribution in [1.29, 1.82) is 0 Å². The Kier molecular flexibility index (Phi) is 4.32. The maximum absolute atomic E-state index is 12.6. The second kappa shape index (κ2) is 6.08. The van der Waals surface area contributed by atoms with Gasteiger partial charge in [0.15, 0.2) is 11.5 Å². The molecule has 1 saturated carbocycles. The Morgan fingerprint density at radius 3 is 2.59 bits per heavy atom. The van der Waals surface area contributed by atoms with Gasteiger partial charge in [-0.1, -0.05) is 26.7 Å². The monoisotopic (exact) mass is 325 g/mol. The first-order valence-corrected chi connectivity index (χ1v) is 9.37. The van der Waals surface area contributed by atoms with Gasteiger partial charge in [0.2, 0.25) is 10.0 Å². The van der Waals surface area contributed by atoms with E-state index in [9.17, 15) is 8.42 Å². The van der Waals surface area contributed by atoms with Crippen LogP contribution in [0.2, 0.25) is 0 Å². The fourth-order valence-electron chi connectivity index (χ4n) is 3.21. The average Bonchev–Trinajstić information content (AvgIpc) is 2.51. The number of ether oxygens (including phenoxy) is 2. The Bertz CT molecular complexity index is 644. The van der Waals surface area contributed by atoms with Crippen molar-refractivity contribution in [3.63, 3.8) is 0 Å². The molecule has 0 unspecified atom stereocenters. The highest BCUT2D eigenvalue weighted by molar-refractivity contribution is 7.89.